The second-order valence-electron chi connectivity index (χ2n) is 12.4. The molecule has 4 aliphatic rings. The Labute approximate surface area is 240 Å². The monoisotopic (exact) mass is 556 g/mol. The molecule has 0 amide bonds. The van der Waals surface area contributed by atoms with Gasteiger partial charge in [0.25, 0.3) is 0 Å². The number of aromatic hydroxyl groups is 1. The average Bonchev–Trinajstić information content (AvgIpc) is 3.59. The Morgan fingerprint density at radius 3 is 2.85 bits per heavy atom. The molecular weight excluding hydrogens is 519 g/mol. The minimum absolute atomic E-state index is 0.0314. The van der Waals surface area contributed by atoms with E-state index in [9.17, 15) is 9.50 Å². The zero-order valence-electron chi connectivity index (χ0n) is 23.8. The number of hydrogen-bond donors (Lipinski definition) is 1. The van der Waals surface area contributed by atoms with E-state index in [2.05, 4.69) is 15.7 Å². The number of hydrogen-bond acceptors (Lipinski definition) is 7. The van der Waals surface area contributed by atoms with E-state index in [1.165, 1.54) is 25.3 Å². The normalized spacial score (nSPS) is 26.2. The Balaban J connectivity index is 1.15. The van der Waals surface area contributed by atoms with Gasteiger partial charge in [-0.05, 0) is 88.2 Å². The molecule has 8 heteroatoms. The van der Waals surface area contributed by atoms with Crippen molar-refractivity contribution in [3.8, 4) is 24.1 Å². The molecule has 3 unspecified atom stereocenters. The molecule has 7 rings (SSSR count). The lowest BCUT2D eigenvalue weighted by molar-refractivity contribution is 0.0303. The number of nitrogens with zero attached hydrogens (tertiary/aromatic N) is 4. The van der Waals surface area contributed by atoms with Crippen LogP contribution in [0.3, 0.4) is 0 Å². The number of rotatable bonds is 7. The first-order valence-electron chi connectivity index (χ1n) is 14.8. The third-order valence-electron chi connectivity index (χ3n) is 9.74. The Morgan fingerprint density at radius 2 is 2.05 bits per heavy atom. The Hall–Kier alpha value is -3.25. The van der Waals surface area contributed by atoms with Crippen molar-refractivity contribution < 1.29 is 19.0 Å². The van der Waals surface area contributed by atoms with Crippen LogP contribution in [0.5, 0.6) is 11.8 Å². The fourth-order valence-corrected chi connectivity index (χ4v) is 7.44. The van der Waals surface area contributed by atoms with E-state index in [1.54, 1.807) is 18.2 Å². The molecule has 3 aliphatic heterocycles. The van der Waals surface area contributed by atoms with Gasteiger partial charge in [0.1, 0.15) is 18.2 Å². The summed E-state index contributed by atoms with van der Waals surface area (Å²) in [4.78, 5) is 14.5. The summed E-state index contributed by atoms with van der Waals surface area (Å²) in [7, 11) is 2.03. The summed E-state index contributed by atoms with van der Waals surface area (Å²) in [6, 6.07) is 7.10. The first-order chi connectivity index (χ1) is 19.8. The van der Waals surface area contributed by atoms with Crippen molar-refractivity contribution in [1.82, 2.24) is 19.8 Å². The summed E-state index contributed by atoms with van der Waals surface area (Å²) in [6.07, 6.45) is 13.8. The minimum Gasteiger partial charge on any atom is -0.508 e. The molecule has 0 bridgehead atoms. The number of halogens is 1. The summed E-state index contributed by atoms with van der Waals surface area (Å²) in [5, 5.41) is 11.9. The maximum Gasteiger partial charge on any atom is 0.316 e. The maximum atomic E-state index is 14.8. The first-order valence-corrected chi connectivity index (χ1v) is 14.8. The number of terminal acetylenes is 1. The summed E-state index contributed by atoms with van der Waals surface area (Å²) < 4.78 is 27.2. The van der Waals surface area contributed by atoms with Gasteiger partial charge in [-0.1, -0.05) is 12.0 Å². The molecule has 3 aromatic rings. The van der Waals surface area contributed by atoms with Gasteiger partial charge in [0.05, 0.1) is 29.5 Å². The molecule has 0 spiro atoms. The van der Waals surface area contributed by atoms with Crippen LogP contribution in [-0.4, -0.2) is 69.4 Å². The zero-order chi connectivity index (χ0) is 28.3. The van der Waals surface area contributed by atoms with Crippen LogP contribution in [0.25, 0.3) is 10.8 Å². The van der Waals surface area contributed by atoms with Crippen molar-refractivity contribution in [2.24, 2.45) is 0 Å². The van der Waals surface area contributed by atoms with E-state index < -0.39 is 5.82 Å². The predicted octanol–water partition coefficient (Wildman–Crippen LogP) is 5.05. The van der Waals surface area contributed by atoms with Gasteiger partial charge in [-0.25, -0.2) is 9.37 Å². The largest absolute Gasteiger partial charge is 0.508 e. The summed E-state index contributed by atoms with van der Waals surface area (Å²) >= 11 is 0. The first kappa shape index (κ1) is 26.6. The van der Waals surface area contributed by atoms with Gasteiger partial charge in [-0.3, -0.25) is 9.80 Å². The topological polar surface area (TPSA) is 71.0 Å². The molecule has 1 saturated carbocycles. The van der Waals surface area contributed by atoms with E-state index in [0.29, 0.717) is 48.5 Å². The molecule has 2 saturated heterocycles. The molecule has 4 heterocycles. The zero-order valence-corrected chi connectivity index (χ0v) is 23.8. The lowest BCUT2D eigenvalue weighted by atomic mass is 9.88. The van der Waals surface area contributed by atoms with Crippen LogP contribution in [0, 0.1) is 25.1 Å². The second-order valence-corrected chi connectivity index (χ2v) is 12.4. The molecule has 3 fully saturated rings. The molecule has 2 aromatic carbocycles. The Morgan fingerprint density at radius 1 is 1.20 bits per heavy atom. The number of aromatic nitrogens is 2. The van der Waals surface area contributed by atoms with Gasteiger partial charge in [-0.2, -0.15) is 4.98 Å². The number of benzene rings is 2. The quantitative estimate of drug-likeness (QED) is 0.409. The molecule has 1 N–H and O–H groups in total. The van der Waals surface area contributed by atoms with Crippen molar-refractivity contribution in [1.29, 1.82) is 0 Å². The van der Waals surface area contributed by atoms with Crippen LogP contribution in [0.1, 0.15) is 72.6 Å². The smallest absolute Gasteiger partial charge is 0.316 e. The van der Waals surface area contributed by atoms with E-state index in [-0.39, 0.29) is 22.9 Å². The third-order valence-corrected chi connectivity index (χ3v) is 9.74. The average molecular weight is 557 g/mol. The Kier molecular flexibility index (Phi) is 6.65. The van der Waals surface area contributed by atoms with Gasteiger partial charge in [-0.15, -0.1) is 6.42 Å². The van der Waals surface area contributed by atoms with E-state index in [1.807, 2.05) is 14.0 Å². The van der Waals surface area contributed by atoms with Crippen LogP contribution >= 0.6 is 0 Å². The van der Waals surface area contributed by atoms with Gasteiger partial charge in [0.15, 0.2) is 0 Å². The van der Waals surface area contributed by atoms with Gasteiger partial charge >= 0.3 is 6.01 Å². The number of ether oxygens (including phenoxy) is 2. The van der Waals surface area contributed by atoms with E-state index in [0.717, 1.165) is 54.9 Å². The highest BCUT2D eigenvalue weighted by Gasteiger charge is 2.50. The lowest BCUT2D eigenvalue weighted by Gasteiger charge is -2.36. The fourth-order valence-electron chi connectivity index (χ4n) is 7.44. The van der Waals surface area contributed by atoms with Gasteiger partial charge in [0, 0.05) is 41.7 Å². The van der Waals surface area contributed by atoms with Gasteiger partial charge in [0.2, 0.25) is 0 Å². The molecule has 3 atom stereocenters. The summed E-state index contributed by atoms with van der Waals surface area (Å²) in [5.41, 5.74) is 3.97. The van der Waals surface area contributed by atoms with Crippen molar-refractivity contribution in [3.05, 3.63) is 58.2 Å². The maximum absolute atomic E-state index is 14.8. The van der Waals surface area contributed by atoms with Gasteiger partial charge < -0.3 is 14.6 Å². The number of fused-ring (bicyclic) bond motifs is 3. The molecule has 214 valence electrons. The van der Waals surface area contributed by atoms with Crippen molar-refractivity contribution >= 4 is 10.8 Å². The molecule has 1 aromatic heterocycles. The SMILES string of the molecule is C#Cc1c(F)ccc2cc(O)cc(C3Cc4nc(OCC56CCCN5C(COC5CC5)CC6)nc(C)c4CN3C)c12. The molecule has 41 heavy (non-hydrogen) atoms. The lowest BCUT2D eigenvalue weighted by Crippen LogP contribution is -2.48. The number of phenols is 1. The number of likely N-dealkylation sites (N-methyl/N-ethyl adjacent to an activating group) is 1. The van der Waals surface area contributed by atoms with Crippen molar-refractivity contribution in [2.75, 3.05) is 26.8 Å². The number of phenolic OH excluding ortho intramolecular Hbond substituents is 1. The highest BCUT2D eigenvalue weighted by Crippen LogP contribution is 2.44. The highest BCUT2D eigenvalue weighted by molar-refractivity contribution is 5.93. The fraction of sp³-hybridized carbons (Fsp3) is 0.515. The van der Waals surface area contributed by atoms with Crippen molar-refractivity contribution in [2.45, 2.75) is 82.1 Å². The third kappa shape index (κ3) is 4.74. The predicted molar refractivity (Wildman–Crippen MR) is 154 cm³/mol. The van der Waals surface area contributed by atoms with Crippen LogP contribution in [0.15, 0.2) is 24.3 Å². The molecule has 1 aliphatic carbocycles. The summed E-state index contributed by atoms with van der Waals surface area (Å²) in [5.74, 6) is 2.23. The Bertz CT molecular complexity index is 1550. The molecule has 0 radical (unpaired) electrons. The van der Waals surface area contributed by atoms with Crippen molar-refractivity contribution in [3.63, 3.8) is 0 Å². The second kappa shape index (κ2) is 10.2. The van der Waals surface area contributed by atoms with E-state index >= 15 is 0 Å². The highest BCUT2D eigenvalue weighted by atomic mass is 19.1. The number of aryl methyl sites for hydroxylation is 1. The van der Waals surface area contributed by atoms with Crippen LogP contribution < -0.4 is 4.74 Å². The van der Waals surface area contributed by atoms with E-state index in [4.69, 9.17) is 25.9 Å². The van der Waals surface area contributed by atoms with Crippen LogP contribution in [-0.2, 0) is 17.7 Å². The summed E-state index contributed by atoms with van der Waals surface area (Å²) in [6.45, 7) is 5.14. The molecule has 7 nitrogen and oxygen atoms in total. The van der Waals surface area contributed by atoms with Crippen LogP contribution in [0.2, 0.25) is 0 Å². The standard InChI is InChI=1S/C33H37FN4O3/c1-4-25-28(34)9-6-21-14-23(39)15-26(31(21)25)30-16-29-27(17-37(30)3)20(2)35-32(36-29)41-19-33-11-5-13-38(33)22(10-12-33)18-40-24-7-8-24/h1,6,9,14-15,22,24,30,39H,5,7-8,10-13,16-19H2,2-3H3. The molecular formula is C33H37FN4O3. The minimum atomic E-state index is -0.437. The van der Waals surface area contributed by atoms with Crippen LogP contribution in [0.4, 0.5) is 4.39 Å².